The fourth-order valence-electron chi connectivity index (χ4n) is 2.28. The molecule has 0 aromatic heterocycles. The lowest BCUT2D eigenvalue weighted by molar-refractivity contribution is 0.214. The molecule has 25 heavy (non-hydrogen) atoms. The van der Waals surface area contributed by atoms with E-state index >= 15 is 0 Å². The molecule has 4 nitrogen and oxygen atoms in total. The zero-order chi connectivity index (χ0) is 18.4. The van der Waals surface area contributed by atoms with Crippen molar-refractivity contribution in [2.24, 2.45) is 0 Å². The van der Waals surface area contributed by atoms with Crippen molar-refractivity contribution >= 4 is 52.4 Å². The Hall–Kier alpha value is -0.550. The minimum atomic E-state index is -3.46. The Morgan fingerprint density at radius 1 is 1.04 bits per heavy atom. The molecule has 0 saturated carbocycles. The first kappa shape index (κ1) is 20.8. The average molecular weight is 467 g/mol. The van der Waals surface area contributed by atoms with Crippen molar-refractivity contribution in [3.8, 4) is 0 Å². The van der Waals surface area contributed by atoms with Crippen LogP contribution < -0.4 is 5.32 Å². The molecule has 0 radical (unpaired) electrons. The number of rotatable bonds is 8. The van der Waals surface area contributed by atoms with E-state index in [0.717, 1.165) is 10.0 Å². The Bertz CT molecular complexity index is 748. The fraction of sp³-hybridized carbons (Fsp3) is 0.294. The molecule has 0 heterocycles. The van der Waals surface area contributed by atoms with Crippen LogP contribution in [0.3, 0.4) is 0 Å². The largest absolute Gasteiger partial charge is 0.368 e. The zero-order valence-electron chi connectivity index (χ0n) is 13.8. The lowest BCUT2D eigenvalue weighted by Crippen LogP contribution is -2.15. The van der Waals surface area contributed by atoms with Crippen LogP contribution in [0.1, 0.15) is 25.2 Å². The molecule has 0 aliphatic rings. The van der Waals surface area contributed by atoms with Gasteiger partial charge in [-0.2, -0.15) is 0 Å². The fourth-order valence-corrected chi connectivity index (χ4v) is 4.78. The second kappa shape index (κ2) is 9.40. The van der Waals surface area contributed by atoms with Gasteiger partial charge in [0.25, 0.3) is 0 Å². The van der Waals surface area contributed by atoms with Gasteiger partial charge in [-0.05, 0) is 49.7 Å². The Morgan fingerprint density at radius 2 is 1.64 bits per heavy atom. The molecule has 136 valence electrons. The summed E-state index contributed by atoms with van der Waals surface area (Å²) < 4.78 is 25.4. The van der Waals surface area contributed by atoms with E-state index in [1.807, 2.05) is 24.3 Å². The summed E-state index contributed by atoms with van der Waals surface area (Å²) in [6.07, 6.45) is 0. The van der Waals surface area contributed by atoms with E-state index in [-0.39, 0.29) is 13.2 Å². The maximum atomic E-state index is 13.4. The predicted molar refractivity (Wildman–Crippen MR) is 108 cm³/mol. The summed E-state index contributed by atoms with van der Waals surface area (Å²) in [6, 6.07) is 12.6. The summed E-state index contributed by atoms with van der Waals surface area (Å²) >= 11 is 15.5. The molecule has 2 aromatic rings. The number of halogens is 3. The van der Waals surface area contributed by atoms with E-state index in [4.69, 9.17) is 32.2 Å². The second-order valence-electron chi connectivity index (χ2n) is 5.10. The van der Waals surface area contributed by atoms with Gasteiger partial charge in [-0.25, -0.2) is 0 Å². The highest BCUT2D eigenvalue weighted by Gasteiger charge is 2.37. The van der Waals surface area contributed by atoms with E-state index in [1.54, 1.807) is 32.0 Å². The maximum absolute atomic E-state index is 13.4. The van der Waals surface area contributed by atoms with E-state index in [2.05, 4.69) is 21.2 Å². The monoisotopic (exact) mass is 465 g/mol. The minimum absolute atomic E-state index is 0.271. The zero-order valence-corrected chi connectivity index (χ0v) is 17.8. The molecule has 0 aliphatic heterocycles. The van der Waals surface area contributed by atoms with Crippen LogP contribution in [0.4, 0.5) is 5.69 Å². The van der Waals surface area contributed by atoms with Gasteiger partial charge in [-0.1, -0.05) is 51.3 Å². The maximum Gasteiger partial charge on any atom is 0.357 e. The van der Waals surface area contributed by atoms with Gasteiger partial charge in [0.1, 0.15) is 0 Å². The smallest absolute Gasteiger partial charge is 0.357 e. The first-order valence-electron chi connectivity index (χ1n) is 7.75. The molecule has 2 rings (SSSR count). The summed E-state index contributed by atoms with van der Waals surface area (Å²) in [5.41, 5.74) is 1.45. The van der Waals surface area contributed by atoms with Gasteiger partial charge < -0.3 is 14.4 Å². The Labute approximate surface area is 166 Å². The van der Waals surface area contributed by atoms with Crippen molar-refractivity contribution in [2.45, 2.75) is 19.6 Å². The van der Waals surface area contributed by atoms with Crippen molar-refractivity contribution in [2.75, 3.05) is 18.5 Å². The molecule has 1 unspecified atom stereocenters. The highest BCUT2D eigenvalue weighted by molar-refractivity contribution is 9.10. The number of nitrogens with one attached hydrogen (secondary N) is 1. The Kier molecular flexibility index (Phi) is 7.81. The molecule has 8 heteroatoms. The minimum Gasteiger partial charge on any atom is -0.368 e. The molecule has 0 spiro atoms. The summed E-state index contributed by atoms with van der Waals surface area (Å²) in [4.78, 5) is 0. The van der Waals surface area contributed by atoms with E-state index in [1.165, 1.54) is 0 Å². The molecule has 0 fully saturated rings. The lowest BCUT2D eigenvalue weighted by atomic mass is 10.2. The van der Waals surface area contributed by atoms with E-state index < -0.39 is 13.4 Å². The van der Waals surface area contributed by atoms with Crippen LogP contribution in [-0.2, 0) is 13.6 Å². The molecule has 0 amide bonds. The third-order valence-corrected chi connectivity index (χ3v) is 6.91. The third-order valence-electron chi connectivity index (χ3n) is 3.34. The van der Waals surface area contributed by atoms with Gasteiger partial charge in [0.05, 0.1) is 23.3 Å². The quantitative estimate of drug-likeness (QED) is 0.420. The molecule has 2 aromatic carbocycles. The highest BCUT2D eigenvalue weighted by atomic mass is 79.9. The van der Waals surface area contributed by atoms with E-state index in [9.17, 15) is 4.57 Å². The van der Waals surface area contributed by atoms with E-state index in [0.29, 0.717) is 15.7 Å². The molecular formula is C17H19BrCl2NO3P. The van der Waals surface area contributed by atoms with Crippen LogP contribution in [0.5, 0.6) is 0 Å². The Balaban J connectivity index is 2.45. The molecule has 0 aliphatic carbocycles. The van der Waals surface area contributed by atoms with Crippen LogP contribution in [0.15, 0.2) is 46.9 Å². The topological polar surface area (TPSA) is 47.6 Å². The van der Waals surface area contributed by atoms with Gasteiger partial charge in [0, 0.05) is 10.2 Å². The third kappa shape index (κ3) is 5.46. The Morgan fingerprint density at radius 3 is 2.16 bits per heavy atom. The summed E-state index contributed by atoms with van der Waals surface area (Å²) in [5.74, 6) is -0.683. The predicted octanol–water partition coefficient (Wildman–Crippen LogP) is 7.13. The van der Waals surface area contributed by atoms with Gasteiger partial charge in [0.15, 0.2) is 5.78 Å². The molecule has 1 atom stereocenters. The normalized spacial score (nSPS) is 12.8. The molecular weight excluding hydrogens is 448 g/mol. The SMILES string of the molecule is CCOP(=O)(OCC)C(Nc1ccc(Cl)c(Cl)c1)c1ccc(Br)cc1. The van der Waals surface area contributed by atoms with Crippen LogP contribution in [-0.4, -0.2) is 13.2 Å². The van der Waals surface area contributed by atoms with Gasteiger partial charge in [-0.15, -0.1) is 0 Å². The van der Waals surface area contributed by atoms with Crippen LogP contribution >= 0.6 is 46.7 Å². The summed E-state index contributed by atoms with van der Waals surface area (Å²) in [7, 11) is -3.46. The number of benzene rings is 2. The van der Waals surface area contributed by atoms with Crippen molar-refractivity contribution in [1.29, 1.82) is 0 Å². The van der Waals surface area contributed by atoms with Gasteiger partial charge in [-0.3, -0.25) is 4.57 Å². The first-order valence-corrected chi connectivity index (χ1v) is 10.9. The van der Waals surface area contributed by atoms with Crippen molar-refractivity contribution in [1.82, 2.24) is 0 Å². The average Bonchev–Trinajstić information content (AvgIpc) is 2.57. The van der Waals surface area contributed by atoms with Crippen LogP contribution in [0, 0.1) is 0 Å². The lowest BCUT2D eigenvalue weighted by Gasteiger charge is -2.28. The number of hydrogen-bond donors (Lipinski definition) is 1. The first-order chi connectivity index (χ1) is 11.9. The van der Waals surface area contributed by atoms with Gasteiger partial charge in [0.2, 0.25) is 0 Å². The highest BCUT2D eigenvalue weighted by Crippen LogP contribution is 2.60. The number of anilines is 1. The molecule has 0 bridgehead atoms. The van der Waals surface area contributed by atoms with Crippen LogP contribution in [0.2, 0.25) is 10.0 Å². The molecule has 0 saturated heterocycles. The number of hydrogen-bond acceptors (Lipinski definition) is 4. The van der Waals surface area contributed by atoms with Crippen LogP contribution in [0.25, 0.3) is 0 Å². The second-order valence-corrected chi connectivity index (χ2v) is 8.95. The summed E-state index contributed by atoms with van der Waals surface area (Å²) in [6.45, 7) is 4.10. The van der Waals surface area contributed by atoms with Crippen molar-refractivity contribution < 1.29 is 13.6 Å². The molecule has 1 N–H and O–H groups in total. The van der Waals surface area contributed by atoms with Gasteiger partial charge >= 0.3 is 7.60 Å². The summed E-state index contributed by atoms with van der Waals surface area (Å²) in [5, 5.41) is 4.08. The standard InChI is InChI=1S/C17H19BrCl2NO3P/c1-3-23-25(22,24-4-2)17(12-5-7-13(18)8-6-12)21-14-9-10-15(19)16(20)11-14/h5-11,17,21H,3-4H2,1-2H3. The van der Waals surface area contributed by atoms with Crippen molar-refractivity contribution in [3.05, 3.63) is 62.5 Å². The van der Waals surface area contributed by atoms with Crippen molar-refractivity contribution in [3.63, 3.8) is 0 Å².